The Labute approximate surface area is 124 Å². The first-order chi connectivity index (χ1) is 10.1. The van der Waals surface area contributed by atoms with Gasteiger partial charge in [0.2, 0.25) is 0 Å². The number of ether oxygens (including phenoxy) is 2. The molecule has 0 fully saturated rings. The molecule has 0 amide bonds. The molecule has 0 aliphatic carbocycles. The van der Waals surface area contributed by atoms with Gasteiger partial charge in [0.1, 0.15) is 11.5 Å². The molecule has 0 radical (unpaired) electrons. The number of rotatable bonds is 5. The number of methoxy groups -OCH3 is 2. The number of hydrogen-bond acceptors (Lipinski definition) is 3. The largest absolute Gasteiger partial charge is 0.497 e. The van der Waals surface area contributed by atoms with Crippen LogP contribution in [0.5, 0.6) is 11.5 Å². The second kappa shape index (κ2) is 6.75. The fraction of sp³-hybridized carbons (Fsp3) is 0.167. The SMILES string of the molecule is COc1cc(/C=C/C(=O)c2cccc(C)c2)cc(OC)c1. The van der Waals surface area contributed by atoms with Gasteiger partial charge in [-0.3, -0.25) is 4.79 Å². The van der Waals surface area contributed by atoms with Crippen molar-refractivity contribution in [2.24, 2.45) is 0 Å². The van der Waals surface area contributed by atoms with E-state index in [2.05, 4.69) is 0 Å². The van der Waals surface area contributed by atoms with Crippen molar-refractivity contribution >= 4 is 11.9 Å². The third-order valence-electron chi connectivity index (χ3n) is 3.10. The Hall–Kier alpha value is -2.55. The lowest BCUT2D eigenvalue weighted by Gasteiger charge is -2.05. The summed E-state index contributed by atoms with van der Waals surface area (Å²) < 4.78 is 10.4. The van der Waals surface area contributed by atoms with Gasteiger partial charge in [0.25, 0.3) is 0 Å². The molecule has 2 aromatic carbocycles. The van der Waals surface area contributed by atoms with Crippen LogP contribution in [0.15, 0.2) is 48.5 Å². The van der Waals surface area contributed by atoms with Crippen LogP contribution < -0.4 is 9.47 Å². The van der Waals surface area contributed by atoms with E-state index in [9.17, 15) is 4.79 Å². The van der Waals surface area contributed by atoms with E-state index in [0.29, 0.717) is 17.1 Å². The predicted molar refractivity (Wildman–Crippen MR) is 84.1 cm³/mol. The van der Waals surface area contributed by atoms with Crippen LogP contribution in [0.4, 0.5) is 0 Å². The summed E-state index contributed by atoms with van der Waals surface area (Å²) in [4.78, 5) is 12.1. The fourth-order valence-electron chi connectivity index (χ4n) is 1.99. The predicted octanol–water partition coefficient (Wildman–Crippen LogP) is 3.91. The van der Waals surface area contributed by atoms with Gasteiger partial charge in [-0.1, -0.05) is 29.8 Å². The van der Waals surface area contributed by atoms with Crippen molar-refractivity contribution in [3.63, 3.8) is 0 Å². The maximum Gasteiger partial charge on any atom is 0.185 e. The average molecular weight is 282 g/mol. The summed E-state index contributed by atoms with van der Waals surface area (Å²) in [6.45, 7) is 1.97. The van der Waals surface area contributed by atoms with Gasteiger partial charge in [0, 0.05) is 11.6 Å². The molecule has 3 nitrogen and oxygen atoms in total. The van der Waals surface area contributed by atoms with E-state index in [1.165, 1.54) is 0 Å². The lowest BCUT2D eigenvalue weighted by Crippen LogP contribution is -1.94. The second-order valence-corrected chi connectivity index (χ2v) is 4.71. The third-order valence-corrected chi connectivity index (χ3v) is 3.10. The Kier molecular flexibility index (Phi) is 4.77. The maximum absolute atomic E-state index is 12.1. The van der Waals surface area contributed by atoms with Crippen LogP contribution in [0.3, 0.4) is 0 Å². The van der Waals surface area contributed by atoms with Crippen LogP contribution in [0.1, 0.15) is 21.5 Å². The van der Waals surface area contributed by atoms with E-state index >= 15 is 0 Å². The fourth-order valence-corrected chi connectivity index (χ4v) is 1.99. The molecule has 0 saturated carbocycles. The highest BCUT2D eigenvalue weighted by Gasteiger charge is 2.03. The number of hydrogen-bond donors (Lipinski definition) is 0. The molecule has 2 aromatic rings. The van der Waals surface area contributed by atoms with E-state index < -0.39 is 0 Å². The highest BCUT2D eigenvalue weighted by molar-refractivity contribution is 6.06. The number of carbonyl (C=O) groups excluding carboxylic acids is 1. The van der Waals surface area contributed by atoms with Gasteiger partial charge in [-0.15, -0.1) is 0 Å². The minimum absolute atomic E-state index is 0.0273. The molecular weight excluding hydrogens is 264 g/mol. The molecule has 0 N–H and O–H groups in total. The van der Waals surface area contributed by atoms with E-state index in [1.54, 1.807) is 32.4 Å². The standard InChI is InChI=1S/C18H18O3/c1-13-5-4-6-15(9-13)18(19)8-7-14-10-16(20-2)12-17(11-14)21-3/h4-12H,1-3H3/b8-7+. The van der Waals surface area contributed by atoms with Crippen LogP contribution in [-0.2, 0) is 0 Å². The van der Waals surface area contributed by atoms with Crippen molar-refractivity contribution in [1.82, 2.24) is 0 Å². The Morgan fingerprint density at radius 1 is 1.00 bits per heavy atom. The van der Waals surface area contributed by atoms with Gasteiger partial charge < -0.3 is 9.47 Å². The first-order valence-corrected chi connectivity index (χ1v) is 6.64. The number of benzene rings is 2. The summed E-state index contributed by atoms with van der Waals surface area (Å²) in [7, 11) is 3.19. The topological polar surface area (TPSA) is 35.5 Å². The summed E-state index contributed by atoms with van der Waals surface area (Å²) >= 11 is 0. The first-order valence-electron chi connectivity index (χ1n) is 6.64. The van der Waals surface area contributed by atoms with E-state index in [4.69, 9.17) is 9.47 Å². The van der Waals surface area contributed by atoms with Crippen LogP contribution in [-0.4, -0.2) is 20.0 Å². The zero-order valence-electron chi connectivity index (χ0n) is 12.4. The minimum atomic E-state index is -0.0273. The number of allylic oxidation sites excluding steroid dienone is 1. The maximum atomic E-state index is 12.1. The van der Waals surface area contributed by atoms with Crippen LogP contribution in [0.25, 0.3) is 6.08 Å². The molecular formula is C18H18O3. The molecule has 0 saturated heterocycles. The van der Waals surface area contributed by atoms with Gasteiger partial charge in [0.15, 0.2) is 5.78 Å². The van der Waals surface area contributed by atoms with Gasteiger partial charge in [-0.25, -0.2) is 0 Å². The Bertz CT molecular complexity index is 650. The third kappa shape index (κ3) is 3.96. The Morgan fingerprint density at radius 2 is 1.67 bits per heavy atom. The van der Waals surface area contributed by atoms with Crippen molar-refractivity contribution in [3.8, 4) is 11.5 Å². The molecule has 0 aliphatic rings. The molecule has 0 bridgehead atoms. The molecule has 3 heteroatoms. The van der Waals surface area contributed by atoms with Gasteiger partial charge >= 0.3 is 0 Å². The first kappa shape index (κ1) is 14.9. The number of ketones is 1. The molecule has 2 rings (SSSR count). The molecule has 21 heavy (non-hydrogen) atoms. The van der Waals surface area contributed by atoms with Crippen LogP contribution in [0.2, 0.25) is 0 Å². The van der Waals surface area contributed by atoms with Gasteiger partial charge in [-0.2, -0.15) is 0 Å². The zero-order chi connectivity index (χ0) is 15.2. The minimum Gasteiger partial charge on any atom is -0.497 e. The second-order valence-electron chi connectivity index (χ2n) is 4.71. The lowest BCUT2D eigenvalue weighted by atomic mass is 10.1. The van der Waals surface area contributed by atoms with Gasteiger partial charge in [0.05, 0.1) is 14.2 Å². The molecule has 0 heterocycles. The van der Waals surface area contributed by atoms with Crippen molar-refractivity contribution in [1.29, 1.82) is 0 Å². The molecule has 0 spiro atoms. The van der Waals surface area contributed by atoms with Crippen molar-refractivity contribution in [2.75, 3.05) is 14.2 Å². The Morgan fingerprint density at radius 3 is 2.24 bits per heavy atom. The summed E-state index contributed by atoms with van der Waals surface area (Å²) in [5, 5.41) is 0. The highest BCUT2D eigenvalue weighted by atomic mass is 16.5. The summed E-state index contributed by atoms with van der Waals surface area (Å²) in [5.74, 6) is 1.36. The summed E-state index contributed by atoms with van der Waals surface area (Å²) in [6, 6.07) is 13.0. The van der Waals surface area contributed by atoms with Crippen LogP contribution in [0, 0.1) is 6.92 Å². The number of carbonyl (C=O) groups is 1. The molecule has 0 atom stereocenters. The molecule has 0 aromatic heterocycles. The van der Waals surface area contributed by atoms with Crippen molar-refractivity contribution < 1.29 is 14.3 Å². The normalized spacial score (nSPS) is 10.6. The summed E-state index contributed by atoms with van der Waals surface area (Å²) in [5.41, 5.74) is 2.60. The highest BCUT2D eigenvalue weighted by Crippen LogP contribution is 2.23. The van der Waals surface area contributed by atoms with Crippen molar-refractivity contribution in [3.05, 3.63) is 65.2 Å². The van der Waals surface area contributed by atoms with Crippen LogP contribution >= 0.6 is 0 Å². The lowest BCUT2D eigenvalue weighted by molar-refractivity contribution is 0.104. The summed E-state index contributed by atoms with van der Waals surface area (Å²) in [6.07, 6.45) is 3.32. The van der Waals surface area contributed by atoms with E-state index in [-0.39, 0.29) is 5.78 Å². The number of aryl methyl sites for hydroxylation is 1. The average Bonchev–Trinajstić information content (AvgIpc) is 2.52. The zero-order valence-corrected chi connectivity index (χ0v) is 12.4. The van der Waals surface area contributed by atoms with Gasteiger partial charge in [-0.05, 0) is 36.8 Å². The Balaban J connectivity index is 2.22. The smallest absolute Gasteiger partial charge is 0.185 e. The quantitative estimate of drug-likeness (QED) is 0.616. The molecule has 0 aliphatic heterocycles. The molecule has 0 unspecified atom stereocenters. The van der Waals surface area contributed by atoms with Crippen molar-refractivity contribution in [2.45, 2.75) is 6.92 Å². The van der Waals surface area contributed by atoms with E-state index in [0.717, 1.165) is 11.1 Å². The molecule has 108 valence electrons. The monoisotopic (exact) mass is 282 g/mol. The van der Waals surface area contributed by atoms with E-state index in [1.807, 2.05) is 43.3 Å².